The van der Waals surface area contributed by atoms with Gasteiger partial charge in [-0.15, -0.1) is 0 Å². The zero-order valence-electron chi connectivity index (χ0n) is 14.0. The highest BCUT2D eigenvalue weighted by atomic mass is 35.5. The van der Waals surface area contributed by atoms with Crippen LogP contribution in [0.25, 0.3) is 0 Å². The maximum absolute atomic E-state index is 13.1. The lowest BCUT2D eigenvalue weighted by Gasteiger charge is -2.24. The molecule has 2 rings (SSSR count). The first-order chi connectivity index (χ1) is 12.7. The summed E-state index contributed by atoms with van der Waals surface area (Å²) in [7, 11) is -4.38. The second-order valence-electron chi connectivity index (χ2n) is 5.14. The third-order valence-corrected chi connectivity index (χ3v) is 5.96. The summed E-state index contributed by atoms with van der Waals surface area (Å²) in [6, 6.07) is 8.74. The van der Waals surface area contributed by atoms with Gasteiger partial charge in [-0.25, -0.2) is 8.42 Å². The molecule has 0 atom stereocenters. The fourth-order valence-electron chi connectivity index (χ4n) is 2.19. The summed E-state index contributed by atoms with van der Waals surface area (Å²) in [5.74, 6) is -0.817. The molecule has 11 heteroatoms. The lowest BCUT2D eigenvalue weighted by Crippen LogP contribution is -2.36. The van der Waals surface area contributed by atoms with Crippen LogP contribution in [-0.2, 0) is 19.6 Å². The van der Waals surface area contributed by atoms with Crippen molar-refractivity contribution in [2.75, 3.05) is 17.5 Å². The Morgan fingerprint density at radius 2 is 1.89 bits per heavy atom. The Labute approximate surface area is 165 Å². The Kier molecular flexibility index (Phi) is 6.63. The number of halogens is 2. The Morgan fingerprint density at radius 1 is 1.22 bits per heavy atom. The topological polar surface area (TPSA) is 107 Å². The van der Waals surface area contributed by atoms with Gasteiger partial charge in [-0.2, -0.15) is 0 Å². The molecule has 0 unspecified atom stereocenters. The molecule has 0 bridgehead atoms. The number of hydrogen-bond donors (Lipinski definition) is 0. The number of nitrogens with zero attached hydrogens (tertiary/aromatic N) is 2. The van der Waals surface area contributed by atoms with Crippen molar-refractivity contribution in [3.05, 3.63) is 62.6 Å². The van der Waals surface area contributed by atoms with Crippen LogP contribution in [0.3, 0.4) is 0 Å². The normalized spacial score (nSPS) is 11.1. The molecule has 27 heavy (non-hydrogen) atoms. The molecule has 0 aromatic heterocycles. The highest BCUT2D eigenvalue weighted by Crippen LogP contribution is 2.35. The second-order valence-corrected chi connectivity index (χ2v) is 7.79. The van der Waals surface area contributed by atoms with Gasteiger partial charge in [-0.05, 0) is 25.1 Å². The van der Waals surface area contributed by atoms with Gasteiger partial charge in [-0.1, -0.05) is 35.3 Å². The van der Waals surface area contributed by atoms with Gasteiger partial charge in [0.2, 0.25) is 0 Å². The van der Waals surface area contributed by atoms with Crippen molar-refractivity contribution in [3.63, 3.8) is 0 Å². The molecule has 0 N–H and O–H groups in total. The molecule has 2 aromatic rings. The minimum atomic E-state index is -4.38. The lowest BCUT2D eigenvalue weighted by atomic mass is 10.3. The molecule has 0 fully saturated rings. The number of hydrogen-bond acceptors (Lipinski definition) is 6. The van der Waals surface area contributed by atoms with Gasteiger partial charge in [0.15, 0.2) is 0 Å². The van der Waals surface area contributed by atoms with E-state index in [4.69, 9.17) is 27.9 Å². The highest BCUT2D eigenvalue weighted by Gasteiger charge is 2.30. The zero-order valence-corrected chi connectivity index (χ0v) is 16.3. The number of carbonyl (C=O) groups excluding carboxylic acids is 1. The van der Waals surface area contributed by atoms with E-state index in [0.29, 0.717) is 4.31 Å². The smallest absolute Gasteiger partial charge is 0.326 e. The van der Waals surface area contributed by atoms with Crippen molar-refractivity contribution in [2.24, 2.45) is 0 Å². The van der Waals surface area contributed by atoms with Crippen LogP contribution in [0.15, 0.2) is 47.4 Å². The minimum absolute atomic E-state index is 0.0484. The molecule has 0 aliphatic rings. The van der Waals surface area contributed by atoms with Gasteiger partial charge >= 0.3 is 5.97 Å². The lowest BCUT2D eigenvalue weighted by molar-refractivity contribution is -0.385. The molecule has 0 spiro atoms. The second kappa shape index (κ2) is 8.55. The van der Waals surface area contributed by atoms with E-state index in [-0.39, 0.29) is 27.2 Å². The Balaban J connectivity index is 2.61. The summed E-state index contributed by atoms with van der Waals surface area (Å²) in [6.45, 7) is 0.940. The first-order valence-corrected chi connectivity index (χ1v) is 9.75. The fourth-order valence-corrected chi connectivity index (χ4v) is 4.10. The summed E-state index contributed by atoms with van der Waals surface area (Å²) >= 11 is 12.1. The number of esters is 1. The van der Waals surface area contributed by atoms with E-state index in [1.165, 1.54) is 30.3 Å². The van der Waals surface area contributed by atoms with Crippen molar-refractivity contribution in [1.82, 2.24) is 0 Å². The van der Waals surface area contributed by atoms with Gasteiger partial charge in [0.25, 0.3) is 15.7 Å². The van der Waals surface area contributed by atoms with E-state index in [0.717, 1.165) is 12.1 Å². The van der Waals surface area contributed by atoms with Crippen molar-refractivity contribution in [2.45, 2.75) is 11.8 Å². The summed E-state index contributed by atoms with van der Waals surface area (Å²) < 4.78 is 31.7. The van der Waals surface area contributed by atoms with Crippen LogP contribution in [-0.4, -0.2) is 32.5 Å². The molecule has 0 radical (unpaired) electrons. The molecular formula is C16H14Cl2N2O6S. The van der Waals surface area contributed by atoms with E-state index < -0.39 is 33.1 Å². The maximum Gasteiger partial charge on any atom is 0.326 e. The molecule has 0 aliphatic carbocycles. The number of carbonyl (C=O) groups is 1. The Morgan fingerprint density at radius 3 is 2.52 bits per heavy atom. The number of sulfonamides is 1. The van der Waals surface area contributed by atoms with E-state index in [2.05, 4.69) is 0 Å². The third kappa shape index (κ3) is 4.68. The van der Waals surface area contributed by atoms with Crippen molar-refractivity contribution < 1.29 is 22.9 Å². The summed E-state index contributed by atoms with van der Waals surface area (Å²) in [5, 5.41) is 11.0. The summed E-state index contributed by atoms with van der Waals surface area (Å²) in [6.07, 6.45) is 0. The van der Waals surface area contributed by atoms with Crippen molar-refractivity contribution >= 4 is 50.6 Å². The number of ether oxygens (including phenoxy) is 1. The van der Waals surface area contributed by atoms with Crippen LogP contribution in [0.1, 0.15) is 6.92 Å². The number of rotatable bonds is 7. The average molecular weight is 433 g/mol. The first-order valence-electron chi connectivity index (χ1n) is 7.55. The molecule has 0 heterocycles. The largest absolute Gasteiger partial charge is 0.465 e. The molecule has 0 aliphatic heterocycles. The summed E-state index contributed by atoms with van der Waals surface area (Å²) in [5.41, 5.74) is -0.465. The summed E-state index contributed by atoms with van der Waals surface area (Å²) in [4.78, 5) is 21.8. The number of non-ortho nitro benzene ring substituents is 1. The minimum Gasteiger partial charge on any atom is -0.465 e. The van der Waals surface area contributed by atoms with Crippen LogP contribution >= 0.6 is 23.2 Å². The van der Waals surface area contributed by atoms with Crippen LogP contribution in [0.2, 0.25) is 10.0 Å². The van der Waals surface area contributed by atoms with Gasteiger partial charge in [0, 0.05) is 12.1 Å². The fraction of sp³-hybridized carbons (Fsp3) is 0.188. The number of nitro benzene ring substituents is 1. The van der Waals surface area contributed by atoms with Crippen LogP contribution in [0, 0.1) is 10.1 Å². The van der Waals surface area contributed by atoms with Crippen LogP contribution in [0.5, 0.6) is 0 Å². The van der Waals surface area contributed by atoms with Gasteiger partial charge in [0.1, 0.15) is 6.54 Å². The number of nitro groups is 1. The predicted molar refractivity (Wildman–Crippen MR) is 101 cm³/mol. The van der Waals surface area contributed by atoms with Crippen molar-refractivity contribution in [1.29, 1.82) is 0 Å². The molecule has 144 valence electrons. The SMILES string of the molecule is CCOC(=O)CN(c1cccc(Cl)c1Cl)S(=O)(=O)c1cccc([N+](=O)[O-])c1. The molecular weight excluding hydrogens is 419 g/mol. The Hall–Kier alpha value is -2.36. The van der Waals surface area contributed by atoms with Gasteiger partial charge < -0.3 is 4.74 Å². The van der Waals surface area contributed by atoms with Gasteiger partial charge in [-0.3, -0.25) is 19.2 Å². The maximum atomic E-state index is 13.1. The van der Waals surface area contributed by atoms with Crippen LogP contribution < -0.4 is 4.31 Å². The van der Waals surface area contributed by atoms with E-state index >= 15 is 0 Å². The third-order valence-electron chi connectivity index (χ3n) is 3.39. The number of anilines is 1. The first kappa shape index (κ1) is 20.9. The quantitative estimate of drug-likeness (QED) is 0.375. The molecule has 2 aromatic carbocycles. The number of benzene rings is 2. The van der Waals surface area contributed by atoms with E-state index in [1.807, 2.05) is 0 Å². The molecule has 0 saturated carbocycles. The average Bonchev–Trinajstić information content (AvgIpc) is 2.62. The Bertz CT molecular complexity index is 981. The van der Waals surface area contributed by atoms with Crippen LogP contribution in [0.4, 0.5) is 11.4 Å². The molecule has 8 nitrogen and oxygen atoms in total. The monoisotopic (exact) mass is 432 g/mol. The van der Waals surface area contributed by atoms with E-state index in [9.17, 15) is 23.3 Å². The molecule has 0 amide bonds. The predicted octanol–water partition coefficient (Wildman–Crippen LogP) is 3.66. The highest BCUT2D eigenvalue weighted by molar-refractivity contribution is 7.92. The molecule has 0 saturated heterocycles. The van der Waals surface area contributed by atoms with E-state index in [1.54, 1.807) is 6.92 Å². The van der Waals surface area contributed by atoms with Gasteiger partial charge in [0.05, 0.1) is 32.2 Å². The standard InChI is InChI=1S/C16H14Cl2N2O6S/c1-2-26-15(21)10-19(14-8-4-7-13(17)16(14)18)27(24,25)12-6-3-5-11(9-12)20(22)23/h3-9H,2,10H2,1H3. The zero-order chi connectivity index (χ0) is 20.2. The van der Waals surface area contributed by atoms with Crippen molar-refractivity contribution in [3.8, 4) is 0 Å².